The van der Waals surface area contributed by atoms with E-state index in [1.54, 1.807) is 0 Å². The van der Waals surface area contributed by atoms with Crippen LogP contribution in [0.5, 0.6) is 0 Å². The number of carbonyl (C=O) groups is 2. The van der Waals surface area contributed by atoms with E-state index >= 15 is 0 Å². The van der Waals surface area contributed by atoms with Crippen molar-refractivity contribution < 1.29 is 14.3 Å². The summed E-state index contributed by atoms with van der Waals surface area (Å²) in [6.45, 7) is 4.79. The van der Waals surface area contributed by atoms with Crippen LogP contribution in [0.25, 0.3) is 0 Å². The quantitative estimate of drug-likeness (QED) is 0.745. The second-order valence-electron chi connectivity index (χ2n) is 5.27. The Morgan fingerprint density at radius 1 is 1.35 bits per heavy atom. The van der Waals surface area contributed by atoms with Crippen LogP contribution in [0.4, 0.5) is 0 Å². The summed E-state index contributed by atoms with van der Waals surface area (Å²) in [5.74, 6) is -0.227. The molecule has 0 aromatic carbocycles. The molecule has 2 fully saturated rings. The molecule has 2 amide bonds. The predicted octanol–water partition coefficient (Wildman–Crippen LogP) is 1.63. The van der Waals surface area contributed by atoms with Crippen LogP contribution in [0.1, 0.15) is 46.0 Å². The maximum Gasteiger partial charge on any atom is 0.230 e. The summed E-state index contributed by atoms with van der Waals surface area (Å²) in [4.78, 5) is 23.6. The highest BCUT2D eigenvalue weighted by molar-refractivity contribution is 5.99. The van der Waals surface area contributed by atoms with Crippen LogP contribution in [0.15, 0.2) is 0 Å². The summed E-state index contributed by atoms with van der Waals surface area (Å²) >= 11 is 0. The molecule has 0 bridgehead atoms. The van der Waals surface area contributed by atoms with Gasteiger partial charge in [-0.25, -0.2) is 0 Å². The second kappa shape index (κ2) is 4.77. The molecular formula is C13H21NO3. The zero-order valence-corrected chi connectivity index (χ0v) is 10.6. The summed E-state index contributed by atoms with van der Waals surface area (Å²) < 4.78 is 5.67. The van der Waals surface area contributed by atoms with Crippen molar-refractivity contribution in [3.05, 3.63) is 0 Å². The molecule has 0 radical (unpaired) electrons. The first-order chi connectivity index (χ1) is 8.11. The number of imide groups is 1. The lowest BCUT2D eigenvalue weighted by molar-refractivity contribution is -0.152. The van der Waals surface area contributed by atoms with E-state index in [4.69, 9.17) is 4.74 Å². The minimum atomic E-state index is -0.146. The molecule has 0 aromatic rings. The molecule has 17 heavy (non-hydrogen) atoms. The van der Waals surface area contributed by atoms with Gasteiger partial charge in [0.15, 0.2) is 0 Å². The zero-order valence-electron chi connectivity index (χ0n) is 10.6. The number of hydrogen-bond donors (Lipinski definition) is 1. The molecule has 0 saturated carbocycles. The Balaban J connectivity index is 2.24. The van der Waals surface area contributed by atoms with Crippen molar-refractivity contribution >= 4 is 11.8 Å². The topological polar surface area (TPSA) is 55.4 Å². The van der Waals surface area contributed by atoms with Gasteiger partial charge in [0.25, 0.3) is 0 Å². The Labute approximate surface area is 102 Å². The number of amides is 2. The van der Waals surface area contributed by atoms with Crippen LogP contribution in [0, 0.1) is 11.3 Å². The lowest BCUT2D eigenvalue weighted by Crippen LogP contribution is -2.55. The summed E-state index contributed by atoms with van der Waals surface area (Å²) in [6.07, 6.45) is 4.12. The van der Waals surface area contributed by atoms with E-state index in [0.29, 0.717) is 13.0 Å². The Morgan fingerprint density at radius 3 is 2.76 bits per heavy atom. The molecule has 2 aliphatic heterocycles. The van der Waals surface area contributed by atoms with Crippen LogP contribution < -0.4 is 5.32 Å². The van der Waals surface area contributed by atoms with Crippen molar-refractivity contribution in [2.24, 2.45) is 11.3 Å². The van der Waals surface area contributed by atoms with Crippen molar-refractivity contribution in [3.63, 3.8) is 0 Å². The molecule has 2 saturated heterocycles. The monoisotopic (exact) mass is 239 g/mol. The molecule has 3 unspecified atom stereocenters. The number of nitrogens with one attached hydrogen (secondary N) is 1. The third kappa shape index (κ3) is 2.23. The SMILES string of the molecule is CCC1CC2(CCO1)CC(=O)NC(=O)C2CC. The molecule has 1 spiro atoms. The van der Waals surface area contributed by atoms with Crippen molar-refractivity contribution in [2.45, 2.75) is 52.1 Å². The summed E-state index contributed by atoms with van der Waals surface area (Å²) in [5.41, 5.74) is -0.146. The predicted molar refractivity (Wildman–Crippen MR) is 63.2 cm³/mol. The van der Waals surface area contributed by atoms with Crippen LogP contribution >= 0.6 is 0 Å². The first-order valence-electron chi connectivity index (χ1n) is 6.56. The molecule has 96 valence electrons. The van der Waals surface area contributed by atoms with E-state index < -0.39 is 0 Å². The van der Waals surface area contributed by atoms with Crippen molar-refractivity contribution in [1.82, 2.24) is 5.32 Å². The maximum atomic E-state index is 11.9. The lowest BCUT2D eigenvalue weighted by Gasteiger charge is -2.47. The third-order valence-corrected chi connectivity index (χ3v) is 4.28. The highest BCUT2D eigenvalue weighted by Gasteiger charge is 2.49. The van der Waals surface area contributed by atoms with Gasteiger partial charge < -0.3 is 4.74 Å². The van der Waals surface area contributed by atoms with Crippen LogP contribution in [-0.2, 0) is 14.3 Å². The zero-order chi connectivity index (χ0) is 12.5. The number of hydrogen-bond acceptors (Lipinski definition) is 3. The van der Waals surface area contributed by atoms with Gasteiger partial charge in [0.05, 0.1) is 6.10 Å². The highest BCUT2D eigenvalue weighted by Crippen LogP contribution is 2.47. The van der Waals surface area contributed by atoms with Gasteiger partial charge in [0.1, 0.15) is 0 Å². The smallest absolute Gasteiger partial charge is 0.230 e. The van der Waals surface area contributed by atoms with Crippen molar-refractivity contribution in [3.8, 4) is 0 Å². The number of piperidine rings is 1. The normalized spacial score (nSPS) is 38.2. The van der Waals surface area contributed by atoms with Gasteiger partial charge in [0, 0.05) is 18.9 Å². The number of carbonyl (C=O) groups excluding carboxylic acids is 2. The molecule has 2 rings (SSSR count). The summed E-state index contributed by atoms with van der Waals surface area (Å²) in [5, 5.41) is 2.47. The average Bonchev–Trinajstić information content (AvgIpc) is 2.28. The van der Waals surface area contributed by atoms with Gasteiger partial charge in [-0.15, -0.1) is 0 Å². The fourth-order valence-electron chi connectivity index (χ4n) is 3.39. The molecular weight excluding hydrogens is 218 g/mol. The molecule has 1 N–H and O–H groups in total. The summed E-state index contributed by atoms with van der Waals surface area (Å²) in [6, 6.07) is 0. The van der Waals surface area contributed by atoms with E-state index in [2.05, 4.69) is 12.2 Å². The Kier molecular flexibility index (Phi) is 3.52. The molecule has 2 aliphatic rings. The largest absolute Gasteiger partial charge is 0.378 e. The Morgan fingerprint density at radius 2 is 2.12 bits per heavy atom. The Bertz CT molecular complexity index is 329. The average molecular weight is 239 g/mol. The molecule has 3 atom stereocenters. The van der Waals surface area contributed by atoms with E-state index in [0.717, 1.165) is 25.7 Å². The van der Waals surface area contributed by atoms with Gasteiger partial charge in [-0.2, -0.15) is 0 Å². The molecule has 0 aromatic heterocycles. The first-order valence-corrected chi connectivity index (χ1v) is 6.56. The van der Waals surface area contributed by atoms with E-state index in [-0.39, 0.29) is 29.3 Å². The van der Waals surface area contributed by atoms with Crippen LogP contribution in [0.3, 0.4) is 0 Å². The third-order valence-electron chi connectivity index (χ3n) is 4.28. The van der Waals surface area contributed by atoms with Crippen molar-refractivity contribution in [2.75, 3.05) is 6.61 Å². The minimum Gasteiger partial charge on any atom is -0.378 e. The first kappa shape index (κ1) is 12.6. The second-order valence-corrected chi connectivity index (χ2v) is 5.27. The number of ether oxygens (including phenoxy) is 1. The molecule has 4 heteroatoms. The van der Waals surface area contributed by atoms with Gasteiger partial charge in [-0.1, -0.05) is 13.8 Å². The highest BCUT2D eigenvalue weighted by atomic mass is 16.5. The maximum absolute atomic E-state index is 11.9. The van der Waals surface area contributed by atoms with Gasteiger partial charge in [-0.05, 0) is 31.1 Å². The lowest BCUT2D eigenvalue weighted by atomic mass is 9.63. The Hall–Kier alpha value is -0.900. The fourth-order valence-corrected chi connectivity index (χ4v) is 3.39. The van der Waals surface area contributed by atoms with E-state index in [9.17, 15) is 9.59 Å². The van der Waals surface area contributed by atoms with Gasteiger partial charge >= 0.3 is 0 Å². The van der Waals surface area contributed by atoms with Gasteiger partial charge in [0.2, 0.25) is 11.8 Å². The van der Waals surface area contributed by atoms with Crippen molar-refractivity contribution in [1.29, 1.82) is 0 Å². The summed E-state index contributed by atoms with van der Waals surface area (Å²) in [7, 11) is 0. The van der Waals surface area contributed by atoms with Crippen LogP contribution in [-0.4, -0.2) is 24.5 Å². The minimum absolute atomic E-state index is 0.0295. The number of rotatable bonds is 2. The van der Waals surface area contributed by atoms with E-state index in [1.165, 1.54) is 0 Å². The standard InChI is InChI=1S/C13H21NO3/c1-3-9-7-13(5-6-17-9)8-11(15)14-12(16)10(13)4-2/h9-10H,3-8H2,1-2H3,(H,14,15,16). The van der Waals surface area contributed by atoms with Crippen LogP contribution in [0.2, 0.25) is 0 Å². The van der Waals surface area contributed by atoms with E-state index in [1.807, 2.05) is 6.92 Å². The molecule has 0 aliphatic carbocycles. The molecule has 4 nitrogen and oxygen atoms in total. The molecule has 2 heterocycles. The van der Waals surface area contributed by atoms with Gasteiger partial charge in [-0.3, -0.25) is 14.9 Å². The fraction of sp³-hybridized carbons (Fsp3) is 0.846.